The zero-order valence-corrected chi connectivity index (χ0v) is 8.34. The number of unbranched alkanes of at least 4 members (excludes halogenated alkanes) is 3. The van der Waals surface area contributed by atoms with Gasteiger partial charge in [-0.1, -0.05) is 33.1 Å². The fraction of sp³-hybridized carbons (Fsp3) is 1.00. The van der Waals surface area contributed by atoms with Gasteiger partial charge < -0.3 is 4.74 Å². The summed E-state index contributed by atoms with van der Waals surface area (Å²) in [6.45, 7) is 4.88. The highest BCUT2D eigenvalue weighted by atomic mass is 16.6. The summed E-state index contributed by atoms with van der Waals surface area (Å²) in [5.41, 5.74) is 0. The smallest absolute Gasteiger partial charge is 0.191 e. The Bertz CT molecular complexity index is 83.9. The number of hydrogen-bond donors (Lipinski definition) is 0. The van der Waals surface area contributed by atoms with E-state index >= 15 is 0 Å². The Morgan fingerprint density at radius 2 is 1.75 bits per heavy atom. The molecule has 0 heterocycles. The van der Waals surface area contributed by atoms with Gasteiger partial charge in [0.05, 0.1) is 0 Å². The van der Waals surface area contributed by atoms with Gasteiger partial charge >= 0.3 is 0 Å². The number of rotatable bonds is 8. The first-order chi connectivity index (χ1) is 5.81. The quantitative estimate of drug-likeness (QED) is 0.409. The van der Waals surface area contributed by atoms with Crippen molar-refractivity contribution in [3.05, 3.63) is 0 Å². The van der Waals surface area contributed by atoms with Crippen LogP contribution >= 0.6 is 0 Å². The van der Waals surface area contributed by atoms with Crippen LogP contribution in [0.3, 0.4) is 0 Å². The largest absolute Gasteiger partial charge is 0.350 e. The molecule has 0 spiro atoms. The minimum atomic E-state index is -0.776. The Morgan fingerprint density at radius 1 is 1.08 bits per heavy atom. The van der Waals surface area contributed by atoms with E-state index in [2.05, 4.69) is 13.8 Å². The van der Waals surface area contributed by atoms with Gasteiger partial charge in [-0.2, -0.15) is 0 Å². The maximum absolute atomic E-state index is 11.0. The molecule has 0 saturated heterocycles. The van der Waals surface area contributed by atoms with E-state index in [1.807, 2.05) is 0 Å². The standard InChI is InChI=1S/C10H21O2/c1-3-5-7-9-12-10(11)8-6-4-2/h10H,3-9H2,1-2H3. The van der Waals surface area contributed by atoms with Crippen LogP contribution in [0.1, 0.15) is 52.4 Å². The molecule has 0 saturated carbocycles. The summed E-state index contributed by atoms with van der Waals surface area (Å²) in [6, 6.07) is 0. The van der Waals surface area contributed by atoms with Gasteiger partial charge in [-0.25, -0.2) is 5.11 Å². The Morgan fingerprint density at radius 3 is 2.33 bits per heavy atom. The molecular formula is C10H21O2. The Labute approximate surface area is 75.9 Å². The summed E-state index contributed by atoms with van der Waals surface area (Å²) in [4.78, 5) is 0. The monoisotopic (exact) mass is 173 g/mol. The molecule has 0 N–H and O–H groups in total. The lowest BCUT2D eigenvalue weighted by Gasteiger charge is -2.08. The average molecular weight is 173 g/mol. The molecule has 73 valence electrons. The molecule has 1 unspecified atom stereocenters. The molecule has 0 aliphatic rings. The maximum atomic E-state index is 11.0. The van der Waals surface area contributed by atoms with Crippen molar-refractivity contribution in [1.82, 2.24) is 0 Å². The highest BCUT2D eigenvalue weighted by molar-refractivity contribution is 4.43. The van der Waals surface area contributed by atoms with Crippen LogP contribution in [0.15, 0.2) is 0 Å². The molecule has 0 aliphatic heterocycles. The predicted octanol–water partition coefficient (Wildman–Crippen LogP) is 3.14. The third kappa shape index (κ3) is 8.02. The van der Waals surface area contributed by atoms with Crippen LogP contribution in [-0.2, 0) is 9.84 Å². The fourth-order valence-corrected chi connectivity index (χ4v) is 1.02. The summed E-state index contributed by atoms with van der Waals surface area (Å²) in [5, 5.41) is 11.0. The molecule has 0 fully saturated rings. The predicted molar refractivity (Wildman–Crippen MR) is 49.5 cm³/mol. The summed E-state index contributed by atoms with van der Waals surface area (Å²) < 4.78 is 5.09. The van der Waals surface area contributed by atoms with Gasteiger partial charge in [0.1, 0.15) is 0 Å². The van der Waals surface area contributed by atoms with Gasteiger partial charge in [0.15, 0.2) is 6.29 Å². The van der Waals surface area contributed by atoms with Crippen molar-refractivity contribution in [3.8, 4) is 0 Å². The first-order valence-electron chi connectivity index (χ1n) is 5.08. The molecular weight excluding hydrogens is 152 g/mol. The molecule has 0 bridgehead atoms. The molecule has 2 heteroatoms. The van der Waals surface area contributed by atoms with Gasteiger partial charge in [0, 0.05) is 13.0 Å². The Kier molecular flexibility index (Phi) is 8.95. The molecule has 1 atom stereocenters. The van der Waals surface area contributed by atoms with E-state index in [-0.39, 0.29) is 0 Å². The zero-order valence-electron chi connectivity index (χ0n) is 8.34. The van der Waals surface area contributed by atoms with Crippen molar-refractivity contribution >= 4 is 0 Å². The van der Waals surface area contributed by atoms with Crippen molar-refractivity contribution in [2.24, 2.45) is 0 Å². The van der Waals surface area contributed by atoms with E-state index in [9.17, 15) is 5.11 Å². The van der Waals surface area contributed by atoms with Gasteiger partial charge in [-0.3, -0.25) is 0 Å². The van der Waals surface area contributed by atoms with Crippen molar-refractivity contribution in [3.63, 3.8) is 0 Å². The molecule has 1 radical (unpaired) electrons. The van der Waals surface area contributed by atoms with E-state index in [1.165, 1.54) is 12.8 Å². The molecule has 2 nitrogen and oxygen atoms in total. The van der Waals surface area contributed by atoms with E-state index in [4.69, 9.17) is 4.74 Å². The van der Waals surface area contributed by atoms with E-state index in [0.717, 1.165) is 19.3 Å². The van der Waals surface area contributed by atoms with Gasteiger partial charge in [-0.05, 0) is 12.8 Å². The van der Waals surface area contributed by atoms with Gasteiger partial charge in [0.2, 0.25) is 0 Å². The average Bonchev–Trinajstić information content (AvgIpc) is 2.09. The lowest BCUT2D eigenvalue weighted by molar-refractivity contribution is -0.144. The molecule has 0 amide bonds. The van der Waals surface area contributed by atoms with Crippen LogP contribution in [0.25, 0.3) is 0 Å². The molecule has 0 aliphatic carbocycles. The first-order valence-corrected chi connectivity index (χ1v) is 5.08. The van der Waals surface area contributed by atoms with Crippen molar-refractivity contribution in [2.45, 2.75) is 58.7 Å². The minimum Gasteiger partial charge on any atom is -0.350 e. The normalized spacial score (nSPS) is 13.2. The first kappa shape index (κ1) is 11.9. The lowest BCUT2D eigenvalue weighted by Crippen LogP contribution is -2.10. The summed E-state index contributed by atoms with van der Waals surface area (Å²) in [7, 11) is 0. The molecule has 12 heavy (non-hydrogen) atoms. The molecule has 0 rings (SSSR count). The summed E-state index contributed by atoms with van der Waals surface area (Å²) >= 11 is 0. The van der Waals surface area contributed by atoms with Crippen LogP contribution in [0.4, 0.5) is 0 Å². The van der Waals surface area contributed by atoms with E-state index < -0.39 is 6.29 Å². The third-order valence-electron chi connectivity index (χ3n) is 1.85. The second-order valence-corrected chi connectivity index (χ2v) is 3.15. The van der Waals surface area contributed by atoms with E-state index in [1.54, 1.807) is 0 Å². The van der Waals surface area contributed by atoms with E-state index in [0.29, 0.717) is 13.0 Å². The van der Waals surface area contributed by atoms with Crippen LogP contribution in [0.2, 0.25) is 0 Å². The van der Waals surface area contributed by atoms with Crippen LogP contribution in [0.5, 0.6) is 0 Å². The van der Waals surface area contributed by atoms with Crippen molar-refractivity contribution in [1.29, 1.82) is 0 Å². The SMILES string of the molecule is CCCCCOC([O])CCCC. The molecule has 0 aromatic rings. The van der Waals surface area contributed by atoms with Crippen LogP contribution in [-0.4, -0.2) is 12.9 Å². The van der Waals surface area contributed by atoms with Gasteiger partial charge in [-0.15, -0.1) is 0 Å². The van der Waals surface area contributed by atoms with Crippen molar-refractivity contribution in [2.75, 3.05) is 6.61 Å². The van der Waals surface area contributed by atoms with Gasteiger partial charge in [0.25, 0.3) is 0 Å². The van der Waals surface area contributed by atoms with Crippen LogP contribution in [0, 0.1) is 0 Å². The Hall–Kier alpha value is -0.0800. The number of hydrogen-bond acceptors (Lipinski definition) is 1. The third-order valence-corrected chi connectivity index (χ3v) is 1.85. The lowest BCUT2D eigenvalue weighted by atomic mass is 10.2. The topological polar surface area (TPSA) is 29.1 Å². The fourth-order valence-electron chi connectivity index (χ4n) is 1.02. The number of ether oxygens (including phenoxy) is 1. The molecule has 0 aromatic carbocycles. The Balaban J connectivity index is 3.02. The minimum absolute atomic E-state index is 0.645. The van der Waals surface area contributed by atoms with Crippen LogP contribution < -0.4 is 0 Å². The summed E-state index contributed by atoms with van der Waals surface area (Å²) in [5.74, 6) is 0. The second-order valence-electron chi connectivity index (χ2n) is 3.15. The highest BCUT2D eigenvalue weighted by Crippen LogP contribution is 2.03. The highest BCUT2D eigenvalue weighted by Gasteiger charge is 2.03. The van der Waals surface area contributed by atoms with Crippen molar-refractivity contribution < 1.29 is 9.84 Å². The second kappa shape index (κ2) is 9.01. The summed E-state index contributed by atoms with van der Waals surface area (Å²) in [6.07, 6.45) is 5.34. The molecule has 0 aromatic heterocycles. The zero-order chi connectivity index (χ0) is 9.23. The maximum Gasteiger partial charge on any atom is 0.191 e.